The minimum atomic E-state index is -4.52. The van der Waals surface area contributed by atoms with E-state index >= 15 is 0 Å². The molecule has 0 N–H and O–H groups in total. The van der Waals surface area contributed by atoms with Gasteiger partial charge in [-0.2, -0.15) is 18.3 Å². The van der Waals surface area contributed by atoms with Crippen molar-refractivity contribution in [1.82, 2.24) is 24.6 Å². The van der Waals surface area contributed by atoms with Crippen LogP contribution in [0.1, 0.15) is 11.4 Å². The van der Waals surface area contributed by atoms with Crippen molar-refractivity contribution in [3.8, 4) is 11.1 Å². The maximum absolute atomic E-state index is 12.9. The van der Waals surface area contributed by atoms with Crippen molar-refractivity contribution >= 4 is 11.5 Å². The van der Waals surface area contributed by atoms with E-state index < -0.39 is 11.9 Å². The van der Waals surface area contributed by atoms with E-state index in [0.29, 0.717) is 16.8 Å². The number of ketones is 1. The largest absolute Gasteiger partial charge is 0.433 e. The lowest BCUT2D eigenvalue weighted by Crippen LogP contribution is -2.44. The number of piperazine rings is 1. The van der Waals surface area contributed by atoms with Crippen LogP contribution >= 0.6 is 0 Å². The van der Waals surface area contributed by atoms with Gasteiger partial charge in [0.2, 0.25) is 0 Å². The predicted molar refractivity (Wildman–Crippen MR) is 113 cm³/mol. The lowest BCUT2D eigenvalue weighted by atomic mass is 10.1. The summed E-state index contributed by atoms with van der Waals surface area (Å²) in [4.78, 5) is 24.8. The first kappa shape index (κ1) is 21.9. The van der Waals surface area contributed by atoms with Crippen LogP contribution in [-0.2, 0) is 23.9 Å². The van der Waals surface area contributed by atoms with Crippen LogP contribution in [0.5, 0.6) is 0 Å². The second kappa shape index (κ2) is 9.07. The minimum Gasteiger partial charge on any atom is -0.368 e. The number of pyridine rings is 2. The molecule has 32 heavy (non-hydrogen) atoms. The van der Waals surface area contributed by atoms with Gasteiger partial charge in [0.25, 0.3) is 0 Å². The van der Waals surface area contributed by atoms with Crippen LogP contribution in [0.4, 0.5) is 18.9 Å². The summed E-state index contributed by atoms with van der Waals surface area (Å²) in [5, 5.41) is 4.11. The number of rotatable bonds is 6. The van der Waals surface area contributed by atoms with Crippen LogP contribution in [0.25, 0.3) is 11.1 Å². The van der Waals surface area contributed by atoms with Gasteiger partial charge in [0, 0.05) is 49.8 Å². The molecule has 0 amide bonds. The van der Waals surface area contributed by atoms with Crippen LogP contribution in [0, 0.1) is 0 Å². The van der Waals surface area contributed by atoms with Crippen LogP contribution < -0.4 is 4.90 Å². The number of carbonyl (C=O) groups excluding carboxylic acids is 1. The summed E-state index contributed by atoms with van der Waals surface area (Å²) in [6.07, 6.45) is 1.53. The fraction of sp³-hybridized carbons (Fsp3) is 0.364. The van der Waals surface area contributed by atoms with Crippen molar-refractivity contribution in [2.45, 2.75) is 19.1 Å². The number of Topliss-reactive ketones (excluding diaryl/α,β-unsaturated/α-hetero) is 1. The van der Waals surface area contributed by atoms with Gasteiger partial charge in [-0.05, 0) is 36.9 Å². The van der Waals surface area contributed by atoms with E-state index in [9.17, 15) is 18.0 Å². The van der Waals surface area contributed by atoms with Gasteiger partial charge in [0.1, 0.15) is 5.69 Å². The van der Waals surface area contributed by atoms with E-state index in [4.69, 9.17) is 0 Å². The molecule has 0 saturated carbocycles. The fourth-order valence-electron chi connectivity index (χ4n) is 3.58. The van der Waals surface area contributed by atoms with Gasteiger partial charge in [0.05, 0.1) is 31.0 Å². The van der Waals surface area contributed by atoms with E-state index in [1.165, 1.54) is 16.9 Å². The number of nitrogens with zero attached hydrogens (tertiary/aromatic N) is 6. The summed E-state index contributed by atoms with van der Waals surface area (Å²) >= 11 is 0. The van der Waals surface area contributed by atoms with Gasteiger partial charge in [-0.25, -0.2) is 0 Å². The van der Waals surface area contributed by atoms with Crippen molar-refractivity contribution in [2.75, 3.05) is 38.1 Å². The van der Waals surface area contributed by atoms with E-state index in [-0.39, 0.29) is 18.7 Å². The predicted octanol–water partition coefficient (Wildman–Crippen LogP) is 2.92. The summed E-state index contributed by atoms with van der Waals surface area (Å²) < 4.78 is 40.0. The number of hydrogen-bond donors (Lipinski definition) is 0. The molecule has 0 unspecified atom stereocenters. The molecule has 3 aromatic heterocycles. The highest BCUT2D eigenvalue weighted by molar-refractivity contribution is 5.80. The third-order valence-electron chi connectivity index (χ3n) is 5.41. The van der Waals surface area contributed by atoms with Gasteiger partial charge in [-0.15, -0.1) is 0 Å². The Morgan fingerprint density at radius 1 is 1.03 bits per heavy atom. The maximum atomic E-state index is 12.9. The van der Waals surface area contributed by atoms with Gasteiger partial charge in [-0.1, -0.05) is 0 Å². The third-order valence-corrected chi connectivity index (χ3v) is 5.41. The summed E-state index contributed by atoms with van der Waals surface area (Å²) in [5.41, 5.74) is 1.57. The molecule has 0 bridgehead atoms. The first-order valence-electron chi connectivity index (χ1n) is 10.2. The number of carbonyl (C=O) groups is 1. The van der Waals surface area contributed by atoms with Gasteiger partial charge >= 0.3 is 6.18 Å². The molecular weight excluding hydrogens is 421 g/mol. The van der Waals surface area contributed by atoms with E-state index in [1.54, 1.807) is 12.4 Å². The molecule has 7 nitrogen and oxygen atoms in total. The zero-order valence-corrected chi connectivity index (χ0v) is 17.6. The summed E-state index contributed by atoms with van der Waals surface area (Å²) in [5.74, 6) is -0.0924. The molecule has 0 atom stereocenters. The van der Waals surface area contributed by atoms with Gasteiger partial charge in [0.15, 0.2) is 5.78 Å². The molecule has 10 heteroatoms. The molecule has 4 heterocycles. The Morgan fingerprint density at radius 3 is 2.50 bits per heavy atom. The Morgan fingerprint density at radius 2 is 1.81 bits per heavy atom. The van der Waals surface area contributed by atoms with Crippen LogP contribution in [0.3, 0.4) is 0 Å². The Hall–Kier alpha value is -3.27. The normalized spacial score (nSPS) is 15.2. The van der Waals surface area contributed by atoms with Crippen LogP contribution in [0.15, 0.2) is 49.1 Å². The van der Waals surface area contributed by atoms with E-state index in [2.05, 4.69) is 31.9 Å². The second-order valence-electron chi connectivity index (χ2n) is 7.87. The first-order chi connectivity index (χ1) is 15.3. The molecular formula is C22H23F3N6O. The standard InChI is InChI=1S/C22H23F3N6O/c1-29-6-8-30(9-7-29)19-3-2-18(27-13-19)11-20(32)15-31-14-17(12-28-31)16-4-5-26-21(10-16)22(23,24)25/h2-5,10,12-14H,6-9,11,15H2,1H3. The molecule has 168 valence electrons. The van der Waals surface area contributed by atoms with Crippen molar-refractivity contribution in [2.24, 2.45) is 0 Å². The highest BCUT2D eigenvalue weighted by Crippen LogP contribution is 2.30. The quantitative estimate of drug-likeness (QED) is 0.583. The minimum absolute atomic E-state index is 0.0130. The van der Waals surface area contributed by atoms with Crippen LogP contribution in [0.2, 0.25) is 0 Å². The SMILES string of the molecule is CN1CCN(c2ccc(CC(=O)Cn3cc(-c4ccnc(C(F)(F)F)c4)cn3)nc2)CC1. The summed E-state index contributed by atoms with van der Waals surface area (Å²) in [7, 11) is 2.10. The molecule has 1 fully saturated rings. The number of halogens is 3. The molecule has 3 aromatic rings. The number of anilines is 1. The average molecular weight is 444 g/mol. The lowest BCUT2D eigenvalue weighted by Gasteiger charge is -2.33. The monoisotopic (exact) mass is 444 g/mol. The molecule has 0 radical (unpaired) electrons. The Balaban J connectivity index is 1.36. The number of alkyl halides is 3. The summed E-state index contributed by atoms with van der Waals surface area (Å²) in [6.45, 7) is 3.91. The molecule has 4 rings (SSSR count). The average Bonchev–Trinajstić information content (AvgIpc) is 3.23. The molecule has 0 spiro atoms. The third kappa shape index (κ3) is 5.31. The smallest absolute Gasteiger partial charge is 0.368 e. The number of hydrogen-bond acceptors (Lipinski definition) is 6. The van der Waals surface area contributed by atoms with E-state index in [1.807, 2.05) is 12.1 Å². The first-order valence-corrected chi connectivity index (χ1v) is 10.2. The number of likely N-dealkylation sites (N-methyl/N-ethyl adjacent to an activating group) is 1. The lowest BCUT2D eigenvalue weighted by molar-refractivity contribution is -0.141. The topological polar surface area (TPSA) is 67.2 Å². The highest BCUT2D eigenvalue weighted by Gasteiger charge is 2.32. The molecule has 0 aromatic carbocycles. The number of aromatic nitrogens is 4. The second-order valence-corrected chi connectivity index (χ2v) is 7.87. The Kier molecular flexibility index (Phi) is 6.22. The van der Waals surface area contributed by atoms with Gasteiger partial charge in [-0.3, -0.25) is 19.4 Å². The van der Waals surface area contributed by atoms with Crippen molar-refractivity contribution < 1.29 is 18.0 Å². The van der Waals surface area contributed by atoms with Gasteiger partial charge < -0.3 is 9.80 Å². The highest BCUT2D eigenvalue weighted by atomic mass is 19.4. The van der Waals surface area contributed by atoms with Crippen molar-refractivity contribution in [3.63, 3.8) is 0 Å². The zero-order chi connectivity index (χ0) is 22.7. The van der Waals surface area contributed by atoms with Crippen molar-refractivity contribution in [1.29, 1.82) is 0 Å². The zero-order valence-electron chi connectivity index (χ0n) is 17.6. The Bertz CT molecular complexity index is 1070. The molecule has 0 aliphatic carbocycles. The maximum Gasteiger partial charge on any atom is 0.433 e. The summed E-state index contributed by atoms with van der Waals surface area (Å²) in [6, 6.07) is 6.28. The molecule has 1 saturated heterocycles. The van der Waals surface area contributed by atoms with E-state index in [0.717, 1.165) is 44.1 Å². The molecule has 1 aliphatic rings. The van der Waals surface area contributed by atoms with Crippen molar-refractivity contribution in [3.05, 3.63) is 60.4 Å². The molecule has 1 aliphatic heterocycles. The Labute approximate surface area is 183 Å². The van der Waals surface area contributed by atoms with Crippen LogP contribution in [-0.4, -0.2) is 63.7 Å². The fourth-order valence-corrected chi connectivity index (χ4v) is 3.58.